The Morgan fingerprint density at radius 2 is 1.84 bits per heavy atom. The van der Waals surface area contributed by atoms with E-state index in [0.29, 0.717) is 5.41 Å². The molecule has 19 heavy (non-hydrogen) atoms. The van der Waals surface area contributed by atoms with Crippen LogP contribution in [0, 0.1) is 5.41 Å². The minimum absolute atomic E-state index is 0.136. The summed E-state index contributed by atoms with van der Waals surface area (Å²) in [6.07, 6.45) is 4.24. The molecule has 1 heterocycles. The summed E-state index contributed by atoms with van der Waals surface area (Å²) < 4.78 is 1.90. The molecule has 0 unspecified atom stereocenters. The highest BCUT2D eigenvalue weighted by Crippen LogP contribution is 2.32. The van der Waals surface area contributed by atoms with E-state index in [1.165, 1.54) is 5.56 Å². The van der Waals surface area contributed by atoms with Gasteiger partial charge in [-0.2, -0.15) is 5.10 Å². The van der Waals surface area contributed by atoms with Crippen LogP contribution in [0.25, 0.3) is 6.08 Å². The Labute approximate surface area is 125 Å². The van der Waals surface area contributed by atoms with E-state index in [2.05, 4.69) is 64.3 Å². The van der Waals surface area contributed by atoms with Crippen molar-refractivity contribution in [1.29, 1.82) is 0 Å². The fourth-order valence-corrected chi connectivity index (χ4v) is 3.90. The molecule has 0 radical (unpaired) electrons. The molecule has 0 aliphatic rings. The van der Waals surface area contributed by atoms with Gasteiger partial charge in [-0.05, 0) is 22.3 Å². The molecule has 108 valence electrons. The third-order valence-corrected chi connectivity index (χ3v) is 4.97. The standard InChI is InChI=1S/C15H26N2S2/c1-14(2,3)11-19-18-9-8-13-12(15(4,5)6)10-17(7)16-13/h8-10H,11H2,1-7H3/b9-8-. The molecule has 0 aliphatic carbocycles. The normalized spacial score (nSPS) is 13.4. The topological polar surface area (TPSA) is 17.8 Å². The van der Waals surface area contributed by atoms with E-state index >= 15 is 0 Å². The van der Waals surface area contributed by atoms with Crippen molar-refractivity contribution < 1.29 is 0 Å². The van der Waals surface area contributed by atoms with E-state index in [0.717, 1.165) is 11.4 Å². The lowest BCUT2D eigenvalue weighted by Gasteiger charge is -2.17. The first-order valence-electron chi connectivity index (χ1n) is 6.58. The number of aryl methyl sites for hydroxylation is 1. The molecule has 0 saturated carbocycles. The summed E-state index contributed by atoms with van der Waals surface area (Å²) in [4.78, 5) is 0. The van der Waals surface area contributed by atoms with Crippen LogP contribution in [0.2, 0.25) is 0 Å². The average Bonchev–Trinajstić information content (AvgIpc) is 2.57. The van der Waals surface area contributed by atoms with Gasteiger partial charge in [-0.1, -0.05) is 63.1 Å². The highest BCUT2D eigenvalue weighted by atomic mass is 33.1. The van der Waals surface area contributed by atoms with Gasteiger partial charge in [-0.3, -0.25) is 4.68 Å². The van der Waals surface area contributed by atoms with Gasteiger partial charge >= 0.3 is 0 Å². The molecule has 1 aromatic rings. The van der Waals surface area contributed by atoms with Gasteiger partial charge in [0, 0.05) is 24.6 Å². The molecule has 2 nitrogen and oxygen atoms in total. The van der Waals surface area contributed by atoms with Crippen LogP contribution in [0.1, 0.15) is 52.8 Å². The maximum atomic E-state index is 4.53. The second kappa shape index (κ2) is 6.40. The van der Waals surface area contributed by atoms with Gasteiger partial charge in [0.25, 0.3) is 0 Å². The van der Waals surface area contributed by atoms with Gasteiger partial charge in [0.15, 0.2) is 0 Å². The first-order chi connectivity index (χ1) is 8.59. The molecule has 4 heteroatoms. The number of aromatic nitrogens is 2. The third kappa shape index (κ3) is 6.09. The summed E-state index contributed by atoms with van der Waals surface area (Å²) in [7, 11) is 5.67. The number of hydrogen-bond acceptors (Lipinski definition) is 3. The first-order valence-corrected chi connectivity index (χ1v) is 8.97. The smallest absolute Gasteiger partial charge is 0.0893 e. The average molecular weight is 299 g/mol. The van der Waals surface area contributed by atoms with Crippen molar-refractivity contribution in [1.82, 2.24) is 9.78 Å². The predicted octanol–water partition coefficient (Wildman–Crippen LogP) is 5.12. The molecule has 0 N–H and O–H groups in total. The largest absolute Gasteiger partial charge is 0.275 e. The lowest BCUT2D eigenvalue weighted by molar-refractivity contribution is 0.482. The maximum Gasteiger partial charge on any atom is 0.0893 e. The van der Waals surface area contributed by atoms with Crippen molar-refractivity contribution in [3.8, 4) is 0 Å². The molecule has 0 saturated heterocycles. The second-order valence-corrected chi connectivity index (χ2v) is 9.35. The van der Waals surface area contributed by atoms with Crippen LogP contribution < -0.4 is 0 Å². The van der Waals surface area contributed by atoms with Crippen molar-refractivity contribution in [3.63, 3.8) is 0 Å². The molecule has 1 aromatic heterocycles. The molecular formula is C15H26N2S2. The number of nitrogens with zero attached hydrogens (tertiary/aromatic N) is 2. The second-order valence-electron chi connectivity index (χ2n) is 7.07. The van der Waals surface area contributed by atoms with Crippen LogP contribution in [0.15, 0.2) is 11.6 Å². The van der Waals surface area contributed by atoms with Crippen LogP contribution in [0.5, 0.6) is 0 Å². The Hall–Kier alpha value is -0.350. The van der Waals surface area contributed by atoms with E-state index in [4.69, 9.17) is 0 Å². The van der Waals surface area contributed by atoms with E-state index in [1.807, 2.05) is 22.5 Å². The zero-order valence-electron chi connectivity index (χ0n) is 13.2. The highest BCUT2D eigenvalue weighted by Gasteiger charge is 2.19. The Balaban J connectivity index is 2.62. The SMILES string of the molecule is Cn1cc(C(C)(C)C)c(/C=C\SSCC(C)(C)C)n1. The van der Waals surface area contributed by atoms with Gasteiger partial charge in [0.1, 0.15) is 0 Å². The lowest BCUT2D eigenvalue weighted by atomic mass is 9.87. The quantitative estimate of drug-likeness (QED) is 0.568. The molecule has 0 bridgehead atoms. The Bertz CT molecular complexity index is 434. The van der Waals surface area contributed by atoms with Gasteiger partial charge in [-0.15, -0.1) is 0 Å². The van der Waals surface area contributed by atoms with Crippen molar-refractivity contribution >= 4 is 27.7 Å². The van der Waals surface area contributed by atoms with E-state index < -0.39 is 0 Å². The van der Waals surface area contributed by atoms with Crippen LogP contribution in [-0.4, -0.2) is 15.5 Å². The molecule has 0 spiro atoms. The number of hydrogen-bond donors (Lipinski definition) is 0. The van der Waals surface area contributed by atoms with Crippen LogP contribution in [-0.2, 0) is 12.5 Å². The van der Waals surface area contributed by atoms with Crippen molar-refractivity contribution in [3.05, 3.63) is 22.9 Å². The van der Waals surface area contributed by atoms with Crippen molar-refractivity contribution in [2.24, 2.45) is 12.5 Å². The third-order valence-electron chi connectivity index (χ3n) is 2.51. The number of rotatable bonds is 4. The summed E-state index contributed by atoms with van der Waals surface area (Å²) in [6.45, 7) is 13.5. The fraction of sp³-hybridized carbons (Fsp3) is 0.667. The fourth-order valence-electron chi connectivity index (χ4n) is 1.55. The molecule has 0 fully saturated rings. The summed E-state index contributed by atoms with van der Waals surface area (Å²) in [5, 5.41) is 6.68. The molecule has 0 aromatic carbocycles. The molecule has 1 rings (SSSR count). The van der Waals surface area contributed by atoms with Gasteiger partial charge in [-0.25, -0.2) is 0 Å². The van der Waals surface area contributed by atoms with E-state index in [1.54, 1.807) is 10.8 Å². The Kier molecular flexibility index (Phi) is 5.63. The van der Waals surface area contributed by atoms with Crippen LogP contribution in [0.3, 0.4) is 0 Å². The summed E-state index contributed by atoms with van der Waals surface area (Å²) in [5.41, 5.74) is 2.90. The maximum absolute atomic E-state index is 4.53. The van der Waals surface area contributed by atoms with Crippen LogP contribution >= 0.6 is 21.6 Å². The lowest BCUT2D eigenvalue weighted by Crippen LogP contribution is -2.11. The summed E-state index contributed by atoms with van der Waals surface area (Å²) in [6, 6.07) is 0. The van der Waals surface area contributed by atoms with Gasteiger partial charge in [0.2, 0.25) is 0 Å². The van der Waals surface area contributed by atoms with Crippen LogP contribution in [0.4, 0.5) is 0 Å². The van der Waals surface area contributed by atoms with E-state index in [9.17, 15) is 0 Å². The summed E-state index contributed by atoms with van der Waals surface area (Å²) >= 11 is 0. The molecule has 0 aliphatic heterocycles. The molecular weight excluding hydrogens is 272 g/mol. The minimum atomic E-state index is 0.136. The predicted molar refractivity (Wildman–Crippen MR) is 90.4 cm³/mol. The monoisotopic (exact) mass is 298 g/mol. The van der Waals surface area contributed by atoms with Crippen molar-refractivity contribution in [2.45, 2.75) is 47.0 Å². The minimum Gasteiger partial charge on any atom is -0.275 e. The Morgan fingerprint density at radius 3 is 2.37 bits per heavy atom. The molecule has 0 atom stereocenters. The zero-order chi connectivity index (χ0) is 14.7. The van der Waals surface area contributed by atoms with E-state index in [-0.39, 0.29) is 5.41 Å². The highest BCUT2D eigenvalue weighted by molar-refractivity contribution is 8.77. The zero-order valence-corrected chi connectivity index (χ0v) is 14.8. The van der Waals surface area contributed by atoms with Crippen molar-refractivity contribution in [2.75, 3.05) is 5.75 Å². The van der Waals surface area contributed by atoms with Gasteiger partial charge < -0.3 is 0 Å². The first kappa shape index (κ1) is 16.7. The van der Waals surface area contributed by atoms with Gasteiger partial charge in [0.05, 0.1) is 5.69 Å². The summed E-state index contributed by atoms with van der Waals surface area (Å²) in [5.74, 6) is 1.15. The Morgan fingerprint density at radius 1 is 1.21 bits per heavy atom. The molecule has 0 amide bonds.